The summed E-state index contributed by atoms with van der Waals surface area (Å²) < 4.78 is 41.2. The number of piperazine rings is 1. The van der Waals surface area contributed by atoms with Gasteiger partial charge in [-0.25, -0.2) is 23.4 Å². The van der Waals surface area contributed by atoms with E-state index in [4.69, 9.17) is 9.47 Å². The van der Waals surface area contributed by atoms with E-state index in [0.29, 0.717) is 49.2 Å². The summed E-state index contributed by atoms with van der Waals surface area (Å²) in [5, 5.41) is 2.95. The Labute approximate surface area is 247 Å². The number of carbonyl (C=O) groups is 1. The topological polar surface area (TPSA) is 132 Å². The van der Waals surface area contributed by atoms with Crippen molar-refractivity contribution in [2.75, 3.05) is 37.1 Å². The number of rotatable bonds is 14. The summed E-state index contributed by atoms with van der Waals surface area (Å²) in [7, 11) is -3.54. The molecule has 42 heavy (non-hydrogen) atoms. The molecular formula is C29H39N7O5S. The molecule has 1 amide bonds. The molecule has 4 heterocycles. The summed E-state index contributed by atoms with van der Waals surface area (Å²) in [5.41, 5.74) is 0.874. The van der Waals surface area contributed by atoms with Crippen molar-refractivity contribution in [1.29, 1.82) is 0 Å². The maximum Gasteiger partial charge on any atom is 0.231 e. The van der Waals surface area contributed by atoms with Gasteiger partial charge in [-0.1, -0.05) is 45.1 Å². The number of hydrogen-bond acceptors (Lipinski definition) is 9. The second-order valence-electron chi connectivity index (χ2n) is 10.7. The van der Waals surface area contributed by atoms with Crippen LogP contribution in [0.25, 0.3) is 5.82 Å². The van der Waals surface area contributed by atoms with Crippen LogP contribution in [0.15, 0.2) is 49.3 Å². The van der Waals surface area contributed by atoms with Crippen molar-refractivity contribution in [3.05, 3.63) is 54.9 Å². The fourth-order valence-corrected chi connectivity index (χ4v) is 7.10. The van der Waals surface area contributed by atoms with Crippen molar-refractivity contribution >= 4 is 21.7 Å². The molecule has 13 heteroatoms. The number of hydrogen-bond donors (Lipinski definition) is 1. The second-order valence-corrected chi connectivity index (χ2v) is 12.7. The number of anilines is 1. The van der Waals surface area contributed by atoms with Gasteiger partial charge in [0.05, 0.1) is 11.8 Å². The first-order chi connectivity index (χ1) is 20.4. The number of nitrogens with one attached hydrogen (secondary N) is 1. The van der Waals surface area contributed by atoms with E-state index >= 15 is 0 Å². The summed E-state index contributed by atoms with van der Waals surface area (Å²) in [6.07, 6.45) is 12.6. The van der Waals surface area contributed by atoms with Gasteiger partial charge >= 0.3 is 0 Å². The molecule has 1 atom stereocenters. The van der Waals surface area contributed by atoms with Crippen LogP contribution in [0.1, 0.15) is 57.4 Å². The zero-order chi connectivity index (χ0) is 29.4. The Hall–Kier alpha value is -3.71. The minimum Gasteiger partial charge on any atom is -0.454 e. The molecule has 0 radical (unpaired) electrons. The van der Waals surface area contributed by atoms with Crippen molar-refractivity contribution in [3.8, 4) is 17.3 Å². The van der Waals surface area contributed by atoms with Crippen LogP contribution >= 0.6 is 0 Å². The maximum atomic E-state index is 13.5. The number of benzene rings is 1. The van der Waals surface area contributed by atoms with Crippen LogP contribution in [-0.4, -0.2) is 76.4 Å². The number of fused-ring (bicyclic) bond motifs is 1. The zero-order valence-corrected chi connectivity index (χ0v) is 24.8. The van der Waals surface area contributed by atoms with Crippen LogP contribution < -0.4 is 19.7 Å². The van der Waals surface area contributed by atoms with Crippen LogP contribution in [0.2, 0.25) is 0 Å². The third kappa shape index (κ3) is 7.57. The zero-order valence-electron chi connectivity index (χ0n) is 24.0. The molecule has 0 saturated carbocycles. The van der Waals surface area contributed by atoms with E-state index in [1.54, 1.807) is 23.3 Å². The standard InChI is InChI=1S/C29H39N7O5S/c1-2-3-4-5-6-7-14-42(38,39)36-13-12-34(27-17-28(33-20-32-27)35-11-10-30-21-35)19-24(36)16-29(37)31-18-23-8-9-25-26(15-23)41-22-40-25/h8-11,15,17,20-21,24H,2-7,12-14,16,18-19,22H2,1H3,(H,31,37). The molecule has 2 aliphatic rings. The third-order valence-electron chi connectivity index (χ3n) is 7.62. The summed E-state index contributed by atoms with van der Waals surface area (Å²) in [6, 6.07) is 6.85. The molecule has 0 aliphatic carbocycles. The van der Waals surface area contributed by atoms with Gasteiger partial charge in [-0.15, -0.1) is 0 Å². The minimum atomic E-state index is -3.54. The Kier molecular flexibility index (Phi) is 9.90. The number of aromatic nitrogens is 4. The lowest BCUT2D eigenvalue weighted by Gasteiger charge is -2.41. The SMILES string of the molecule is CCCCCCCCS(=O)(=O)N1CCN(c2cc(-n3ccnc3)ncn2)CC1CC(=O)NCc1ccc2c(c1)OCO2. The number of amides is 1. The van der Waals surface area contributed by atoms with Gasteiger partial charge < -0.3 is 19.7 Å². The highest BCUT2D eigenvalue weighted by Gasteiger charge is 2.36. The summed E-state index contributed by atoms with van der Waals surface area (Å²) in [5.74, 6) is 2.53. The molecule has 2 aromatic heterocycles. The number of sulfonamides is 1. The Morgan fingerprint density at radius 3 is 2.67 bits per heavy atom. The van der Waals surface area contributed by atoms with Crippen LogP contribution in [-0.2, 0) is 21.4 Å². The maximum absolute atomic E-state index is 13.5. The highest BCUT2D eigenvalue weighted by Crippen LogP contribution is 2.32. The van der Waals surface area contributed by atoms with Gasteiger partial charge in [0.25, 0.3) is 0 Å². The van der Waals surface area contributed by atoms with Gasteiger partial charge in [-0.2, -0.15) is 4.31 Å². The van der Waals surface area contributed by atoms with Crippen molar-refractivity contribution < 1.29 is 22.7 Å². The van der Waals surface area contributed by atoms with E-state index < -0.39 is 16.1 Å². The van der Waals surface area contributed by atoms with E-state index in [0.717, 1.165) is 31.2 Å². The highest BCUT2D eigenvalue weighted by atomic mass is 32.2. The molecule has 0 spiro atoms. The largest absolute Gasteiger partial charge is 0.454 e. The average molecular weight is 598 g/mol. The number of nitrogens with zero attached hydrogens (tertiary/aromatic N) is 6. The third-order valence-corrected chi connectivity index (χ3v) is 9.62. The Bertz CT molecular complexity index is 1430. The molecule has 1 N–H and O–H groups in total. The molecule has 1 aromatic carbocycles. The first-order valence-corrected chi connectivity index (χ1v) is 16.2. The van der Waals surface area contributed by atoms with Crippen molar-refractivity contribution in [3.63, 3.8) is 0 Å². The molecule has 226 valence electrons. The van der Waals surface area contributed by atoms with Gasteiger partial charge in [0.2, 0.25) is 22.7 Å². The monoisotopic (exact) mass is 597 g/mol. The lowest BCUT2D eigenvalue weighted by atomic mass is 10.1. The average Bonchev–Trinajstić information content (AvgIpc) is 3.70. The summed E-state index contributed by atoms with van der Waals surface area (Å²) in [6.45, 7) is 3.73. The van der Waals surface area contributed by atoms with Crippen LogP contribution in [0.3, 0.4) is 0 Å². The van der Waals surface area contributed by atoms with E-state index in [1.165, 1.54) is 17.1 Å². The number of ether oxygens (including phenoxy) is 2. The van der Waals surface area contributed by atoms with Gasteiger partial charge in [0, 0.05) is 51.1 Å². The fraction of sp³-hybridized carbons (Fsp3) is 0.517. The Balaban J connectivity index is 1.26. The summed E-state index contributed by atoms with van der Waals surface area (Å²) >= 11 is 0. The van der Waals surface area contributed by atoms with Crippen LogP contribution in [0, 0.1) is 0 Å². The fourth-order valence-electron chi connectivity index (χ4n) is 5.34. The molecule has 1 unspecified atom stereocenters. The van der Waals surface area contributed by atoms with Gasteiger partial charge in [-0.05, 0) is 24.1 Å². The molecule has 1 fully saturated rings. The van der Waals surface area contributed by atoms with E-state index in [1.807, 2.05) is 29.2 Å². The number of carbonyl (C=O) groups excluding carboxylic acids is 1. The second kappa shape index (κ2) is 14.0. The lowest BCUT2D eigenvalue weighted by molar-refractivity contribution is -0.122. The molecule has 0 bridgehead atoms. The lowest BCUT2D eigenvalue weighted by Crippen LogP contribution is -2.57. The molecule has 1 saturated heterocycles. The van der Waals surface area contributed by atoms with Crippen molar-refractivity contribution in [1.82, 2.24) is 29.1 Å². The number of unbranched alkanes of at least 4 members (excludes halogenated alkanes) is 5. The predicted molar refractivity (Wildman–Crippen MR) is 158 cm³/mol. The first kappa shape index (κ1) is 29.8. The van der Waals surface area contributed by atoms with Gasteiger partial charge in [0.1, 0.15) is 24.3 Å². The Morgan fingerprint density at radius 1 is 1.02 bits per heavy atom. The van der Waals surface area contributed by atoms with E-state index in [9.17, 15) is 13.2 Å². The quantitative estimate of drug-likeness (QED) is 0.278. The molecule has 5 rings (SSSR count). The Morgan fingerprint density at radius 2 is 1.83 bits per heavy atom. The van der Waals surface area contributed by atoms with E-state index in [2.05, 4.69) is 27.2 Å². The molecular weight excluding hydrogens is 558 g/mol. The molecule has 2 aliphatic heterocycles. The smallest absolute Gasteiger partial charge is 0.231 e. The molecule has 3 aromatic rings. The summed E-state index contributed by atoms with van der Waals surface area (Å²) in [4.78, 5) is 28.1. The molecule has 12 nitrogen and oxygen atoms in total. The number of imidazole rings is 1. The normalized spacial score (nSPS) is 17.0. The predicted octanol–water partition coefficient (Wildman–Crippen LogP) is 3.28. The van der Waals surface area contributed by atoms with Crippen molar-refractivity contribution in [2.45, 2.75) is 64.5 Å². The van der Waals surface area contributed by atoms with Crippen molar-refractivity contribution in [2.24, 2.45) is 0 Å². The van der Waals surface area contributed by atoms with E-state index in [-0.39, 0.29) is 31.4 Å². The first-order valence-electron chi connectivity index (χ1n) is 14.6. The van der Waals surface area contributed by atoms with Gasteiger partial charge in [-0.3, -0.25) is 9.36 Å². The minimum absolute atomic E-state index is 0.0379. The highest BCUT2D eigenvalue weighted by molar-refractivity contribution is 7.89. The van der Waals surface area contributed by atoms with Gasteiger partial charge in [0.15, 0.2) is 11.5 Å². The van der Waals surface area contributed by atoms with Crippen LogP contribution in [0.5, 0.6) is 11.5 Å². The van der Waals surface area contributed by atoms with Crippen LogP contribution in [0.4, 0.5) is 5.82 Å².